The minimum Gasteiger partial charge on any atom is -0.378 e. The molecule has 25 heavy (non-hydrogen) atoms. The first kappa shape index (κ1) is 14.7. The maximum absolute atomic E-state index is 5.43. The highest BCUT2D eigenvalue weighted by Crippen LogP contribution is 2.42. The molecule has 1 aliphatic heterocycles. The second kappa shape index (κ2) is 6.01. The molecular formula is C22H20N2O. The van der Waals surface area contributed by atoms with Crippen molar-refractivity contribution in [1.82, 2.24) is 4.98 Å². The monoisotopic (exact) mass is 328 g/mol. The number of rotatable bonds is 2. The summed E-state index contributed by atoms with van der Waals surface area (Å²) < 4.78 is 5.43. The number of hydrogen-bond acceptors (Lipinski definition) is 3. The van der Waals surface area contributed by atoms with E-state index in [1.165, 1.54) is 33.4 Å². The van der Waals surface area contributed by atoms with E-state index in [2.05, 4.69) is 59.5 Å². The van der Waals surface area contributed by atoms with Crippen LogP contribution >= 0.6 is 0 Å². The van der Waals surface area contributed by atoms with E-state index in [1.807, 2.05) is 6.20 Å². The van der Waals surface area contributed by atoms with Gasteiger partial charge in [0, 0.05) is 24.8 Å². The van der Waals surface area contributed by atoms with Crippen LogP contribution in [0.25, 0.3) is 22.3 Å². The number of fused-ring (bicyclic) bond motifs is 3. The van der Waals surface area contributed by atoms with Crippen LogP contribution in [0.1, 0.15) is 11.1 Å². The third-order valence-electron chi connectivity index (χ3n) is 5.21. The lowest BCUT2D eigenvalue weighted by atomic mass is 9.95. The van der Waals surface area contributed by atoms with E-state index in [-0.39, 0.29) is 0 Å². The van der Waals surface area contributed by atoms with Gasteiger partial charge in [-0.2, -0.15) is 0 Å². The Morgan fingerprint density at radius 2 is 1.60 bits per heavy atom. The van der Waals surface area contributed by atoms with Crippen LogP contribution in [0, 0.1) is 0 Å². The fourth-order valence-electron chi connectivity index (χ4n) is 3.95. The molecule has 1 fully saturated rings. The molecule has 124 valence electrons. The Morgan fingerprint density at radius 3 is 2.44 bits per heavy atom. The molecule has 0 N–H and O–H groups in total. The van der Waals surface area contributed by atoms with Gasteiger partial charge in [0.05, 0.1) is 13.2 Å². The number of anilines is 1. The molecule has 2 aromatic carbocycles. The van der Waals surface area contributed by atoms with Crippen LogP contribution in [0.5, 0.6) is 0 Å². The Bertz CT molecular complexity index is 912. The van der Waals surface area contributed by atoms with Gasteiger partial charge in [-0.3, -0.25) is 0 Å². The van der Waals surface area contributed by atoms with E-state index < -0.39 is 0 Å². The third kappa shape index (κ3) is 2.52. The molecule has 3 nitrogen and oxygen atoms in total. The number of morpholine rings is 1. The molecule has 1 saturated heterocycles. The molecule has 3 heteroatoms. The first-order valence-electron chi connectivity index (χ1n) is 8.89. The molecule has 0 amide bonds. The van der Waals surface area contributed by atoms with Crippen LogP contribution in [0.15, 0.2) is 60.8 Å². The summed E-state index contributed by atoms with van der Waals surface area (Å²) in [4.78, 5) is 7.02. The minimum atomic E-state index is 0.784. The van der Waals surface area contributed by atoms with Gasteiger partial charge in [0.15, 0.2) is 0 Å². The fraction of sp³-hybridized carbons (Fsp3) is 0.227. The van der Waals surface area contributed by atoms with Crippen molar-refractivity contribution in [3.8, 4) is 22.3 Å². The van der Waals surface area contributed by atoms with Crippen LogP contribution < -0.4 is 4.90 Å². The number of benzene rings is 2. The van der Waals surface area contributed by atoms with Crippen LogP contribution in [0.2, 0.25) is 0 Å². The molecule has 0 radical (unpaired) electrons. The van der Waals surface area contributed by atoms with Gasteiger partial charge in [0.1, 0.15) is 5.82 Å². The average Bonchev–Trinajstić information content (AvgIpc) is 3.08. The predicted molar refractivity (Wildman–Crippen MR) is 101 cm³/mol. The highest BCUT2D eigenvalue weighted by molar-refractivity contribution is 5.90. The van der Waals surface area contributed by atoms with Crippen molar-refractivity contribution in [3.05, 3.63) is 71.9 Å². The molecule has 3 aromatic rings. The average molecular weight is 328 g/mol. The molecule has 1 aliphatic carbocycles. The second-order valence-electron chi connectivity index (χ2n) is 6.68. The molecular weight excluding hydrogens is 308 g/mol. The van der Waals surface area contributed by atoms with E-state index in [0.717, 1.165) is 38.5 Å². The largest absolute Gasteiger partial charge is 0.378 e. The smallest absolute Gasteiger partial charge is 0.128 e. The Hall–Kier alpha value is -2.65. The summed E-state index contributed by atoms with van der Waals surface area (Å²) in [7, 11) is 0. The Kier molecular flexibility index (Phi) is 3.53. The van der Waals surface area contributed by atoms with E-state index in [9.17, 15) is 0 Å². The van der Waals surface area contributed by atoms with Gasteiger partial charge in [0.25, 0.3) is 0 Å². The van der Waals surface area contributed by atoms with E-state index >= 15 is 0 Å². The third-order valence-corrected chi connectivity index (χ3v) is 5.21. The van der Waals surface area contributed by atoms with Crippen molar-refractivity contribution in [1.29, 1.82) is 0 Å². The highest BCUT2D eigenvalue weighted by Gasteiger charge is 2.21. The summed E-state index contributed by atoms with van der Waals surface area (Å²) in [5, 5.41) is 0. The van der Waals surface area contributed by atoms with E-state index in [1.54, 1.807) is 0 Å². The summed E-state index contributed by atoms with van der Waals surface area (Å²) in [6.45, 7) is 3.40. The zero-order valence-corrected chi connectivity index (χ0v) is 14.1. The highest BCUT2D eigenvalue weighted by atomic mass is 16.5. The SMILES string of the molecule is c1ccc2c(c1)Cc1cccc(-c3ccc(N4CCOCC4)nc3)c1-2. The van der Waals surface area contributed by atoms with Gasteiger partial charge < -0.3 is 9.64 Å². The maximum Gasteiger partial charge on any atom is 0.128 e. The van der Waals surface area contributed by atoms with Crippen molar-refractivity contribution in [2.75, 3.05) is 31.2 Å². The molecule has 5 rings (SSSR count). The van der Waals surface area contributed by atoms with Crippen molar-refractivity contribution in [2.24, 2.45) is 0 Å². The number of pyridine rings is 1. The summed E-state index contributed by atoms with van der Waals surface area (Å²) in [6.07, 6.45) is 3.04. The normalized spacial score (nSPS) is 15.8. The standard InChI is InChI=1S/C22H20N2O/c1-2-6-19-16(4-1)14-17-5-3-7-20(22(17)19)18-8-9-21(23-15-18)24-10-12-25-13-11-24/h1-9,15H,10-14H2. The van der Waals surface area contributed by atoms with Crippen molar-refractivity contribution >= 4 is 5.82 Å². The van der Waals surface area contributed by atoms with Gasteiger partial charge in [-0.15, -0.1) is 0 Å². The van der Waals surface area contributed by atoms with E-state index in [0.29, 0.717) is 0 Å². The lowest BCUT2D eigenvalue weighted by Crippen LogP contribution is -2.36. The number of ether oxygens (including phenoxy) is 1. The molecule has 0 saturated carbocycles. The molecule has 0 unspecified atom stereocenters. The zero-order valence-electron chi connectivity index (χ0n) is 14.1. The van der Waals surface area contributed by atoms with Gasteiger partial charge in [-0.25, -0.2) is 4.98 Å². The van der Waals surface area contributed by atoms with Crippen LogP contribution in [-0.2, 0) is 11.2 Å². The molecule has 0 atom stereocenters. The number of aromatic nitrogens is 1. The first-order valence-corrected chi connectivity index (χ1v) is 8.89. The van der Waals surface area contributed by atoms with Gasteiger partial charge in [-0.05, 0) is 46.4 Å². The molecule has 0 spiro atoms. The van der Waals surface area contributed by atoms with Crippen molar-refractivity contribution in [3.63, 3.8) is 0 Å². The zero-order chi connectivity index (χ0) is 16.6. The van der Waals surface area contributed by atoms with Gasteiger partial charge in [0.2, 0.25) is 0 Å². The topological polar surface area (TPSA) is 25.4 Å². The molecule has 2 heterocycles. The summed E-state index contributed by atoms with van der Waals surface area (Å²) in [5.74, 6) is 1.04. The minimum absolute atomic E-state index is 0.784. The van der Waals surface area contributed by atoms with Crippen LogP contribution in [0.3, 0.4) is 0 Å². The van der Waals surface area contributed by atoms with Crippen molar-refractivity contribution in [2.45, 2.75) is 6.42 Å². The number of nitrogens with zero attached hydrogens (tertiary/aromatic N) is 2. The molecule has 0 bridgehead atoms. The van der Waals surface area contributed by atoms with Gasteiger partial charge in [-0.1, -0.05) is 42.5 Å². The Balaban J connectivity index is 1.54. The van der Waals surface area contributed by atoms with Crippen molar-refractivity contribution < 1.29 is 4.74 Å². The summed E-state index contributed by atoms with van der Waals surface area (Å²) in [5.41, 5.74) is 8.04. The second-order valence-corrected chi connectivity index (χ2v) is 6.68. The molecule has 2 aliphatic rings. The number of hydrogen-bond donors (Lipinski definition) is 0. The summed E-state index contributed by atoms with van der Waals surface area (Å²) in [6, 6.07) is 19.7. The maximum atomic E-state index is 5.43. The van der Waals surface area contributed by atoms with Crippen LogP contribution in [0.4, 0.5) is 5.82 Å². The lowest BCUT2D eigenvalue weighted by Gasteiger charge is -2.27. The first-order chi connectivity index (χ1) is 12.4. The van der Waals surface area contributed by atoms with Gasteiger partial charge >= 0.3 is 0 Å². The Labute approximate surface area is 147 Å². The Morgan fingerprint density at radius 1 is 0.800 bits per heavy atom. The quantitative estimate of drug-likeness (QED) is 0.552. The lowest BCUT2D eigenvalue weighted by molar-refractivity contribution is 0.122. The summed E-state index contributed by atoms with van der Waals surface area (Å²) >= 11 is 0. The van der Waals surface area contributed by atoms with E-state index in [4.69, 9.17) is 9.72 Å². The molecule has 1 aromatic heterocycles. The fourth-order valence-corrected chi connectivity index (χ4v) is 3.95. The van der Waals surface area contributed by atoms with Crippen LogP contribution in [-0.4, -0.2) is 31.3 Å². The predicted octanol–water partition coefficient (Wildman–Crippen LogP) is 4.16.